The number of hydrogen-bond donors (Lipinski definition) is 0. The molecule has 0 N–H and O–H groups in total. The molecular weight excluding hydrogens is 348 g/mol. The van der Waals surface area contributed by atoms with Crippen molar-refractivity contribution in [2.24, 2.45) is 5.92 Å². The normalized spacial score (nSPS) is 16.9. The molecule has 1 amide bonds. The number of nitrogens with zero attached hydrogens (tertiary/aromatic N) is 2. The second-order valence-corrected chi connectivity index (χ2v) is 7.53. The van der Waals surface area contributed by atoms with E-state index in [9.17, 15) is 4.79 Å². The molecular formula is C24H26N2O2. The van der Waals surface area contributed by atoms with Crippen molar-refractivity contribution in [1.29, 1.82) is 0 Å². The molecule has 0 spiro atoms. The van der Waals surface area contributed by atoms with Gasteiger partial charge in [0.1, 0.15) is 5.75 Å². The van der Waals surface area contributed by atoms with E-state index >= 15 is 0 Å². The molecule has 1 atom stereocenters. The smallest absolute Gasteiger partial charge is 0.254 e. The van der Waals surface area contributed by atoms with Crippen LogP contribution in [0.3, 0.4) is 0 Å². The Balaban J connectivity index is 1.76. The SMILES string of the molecule is CCOc1ccc(-c2cc(C(=O)N3CCCC(C)C3)c3ccccc3n2)cc1. The van der Waals surface area contributed by atoms with Crippen LogP contribution in [0.4, 0.5) is 0 Å². The number of pyridine rings is 1. The van der Waals surface area contributed by atoms with Crippen LogP contribution >= 0.6 is 0 Å². The summed E-state index contributed by atoms with van der Waals surface area (Å²) in [5.41, 5.74) is 3.39. The van der Waals surface area contributed by atoms with Crippen LogP contribution < -0.4 is 4.74 Å². The number of para-hydroxylation sites is 1. The molecule has 2 heterocycles. The van der Waals surface area contributed by atoms with Crippen molar-refractivity contribution in [2.75, 3.05) is 19.7 Å². The third-order valence-corrected chi connectivity index (χ3v) is 5.35. The van der Waals surface area contributed by atoms with E-state index in [1.807, 2.05) is 66.4 Å². The summed E-state index contributed by atoms with van der Waals surface area (Å²) in [6.07, 6.45) is 2.26. The standard InChI is InChI=1S/C24H26N2O2/c1-3-28-19-12-10-18(11-13-19)23-15-21(20-8-4-5-9-22(20)25-23)24(27)26-14-6-7-17(2)16-26/h4-5,8-13,15,17H,3,6-7,14,16H2,1-2H3. The first-order valence-corrected chi connectivity index (χ1v) is 10.1. The number of carbonyl (C=O) groups is 1. The van der Waals surface area contributed by atoms with Gasteiger partial charge in [-0.2, -0.15) is 0 Å². The van der Waals surface area contributed by atoms with Crippen LogP contribution in [0.5, 0.6) is 5.75 Å². The molecule has 1 aliphatic heterocycles. The van der Waals surface area contributed by atoms with Gasteiger partial charge in [-0.15, -0.1) is 0 Å². The maximum absolute atomic E-state index is 13.4. The lowest BCUT2D eigenvalue weighted by Gasteiger charge is -2.31. The summed E-state index contributed by atoms with van der Waals surface area (Å²) < 4.78 is 5.54. The Kier molecular flexibility index (Phi) is 5.29. The van der Waals surface area contributed by atoms with E-state index in [2.05, 4.69) is 6.92 Å². The summed E-state index contributed by atoms with van der Waals surface area (Å²) in [6, 6.07) is 17.7. The van der Waals surface area contributed by atoms with Gasteiger partial charge in [0.15, 0.2) is 0 Å². The quantitative estimate of drug-likeness (QED) is 0.632. The van der Waals surface area contributed by atoms with Crippen molar-refractivity contribution in [1.82, 2.24) is 9.88 Å². The maximum Gasteiger partial charge on any atom is 0.254 e. The molecule has 0 aliphatic carbocycles. The number of fused-ring (bicyclic) bond motifs is 1. The van der Waals surface area contributed by atoms with Crippen LogP contribution in [0, 0.1) is 5.92 Å². The molecule has 144 valence electrons. The largest absolute Gasteiger partial charge is 0.494 e. The minimum absolute atomic E-state index is 0.109. The van der Waals surface area contributed by atoms with Gasteiger partial charge in [-0.3, -0.25) is 4.79 Å². The zero-order valence-electron chi connectivity index (χ0n) is 16.5. The number of ether oxygens (including phenoxy) is 1. The van der Waals surface area contributed by atoms with Gasteiger partial charge in [0.25, 0.3) is 5.91 Å². The maximum atomic E-state index is 13.4. The zero-order chi connectivity index (χ0) is 19.5. The van der Waals surface area contributed by atoms with Crippen molar-refractivity contribution in [3.63, 3.8) is 0 Å². The summed E-state index contributed by atoms with van der Waals surface area (Å²) in [5.74, 6) is 1.50. The molecule has 0 radical (unpaired) electrons. The Bertz CT molecular complexity index is 982. The fourth-order valence-corrected chi connectivity index (χ4v) is 3.93. The highest BCUT2D eigenvalue weighted by molar-refractivity contribution is 6.07. The van der Waals surface area contributed by atoms with Crippen molar-refractivity contribution < 1.29 is 9.53 Å². The highest BCUT2D eigenvalue weighted by atomic mass is 16.5. The molecule has 4 rings (SSSR count). The number of piperidine rings is 1. The summed E-state index contributed by atoms with van der Waals surface area (Å²) >= 11 is 0. The van der Waals surface area contributed by atoms with Crippen LogP contribution in [-0.2, 0) is 0 Å². The molecule has 1 aliphatic rings. The van der Waals surface area contributed by atoms with Crippen molar-refractivity contribution in [3.8, 4) is 17.0 Å². The number of aromatic nitrogens is 1. The predicted molar refractivity (Wildman–Crippen MR) is 113 cm³/mol. The van der Waals surface area contributed by atoms with Crippen LogP contribution in [-0.4, -0.2) is 35.5 Å². The highest BCUT2D eigenvalue weighted by Gasteiger charge is 2.24. The van der Waals surface area contributed by atoms with Gasteiger partial charge in [0.2, 0.25) is 0 Å². The Morgan fingerprint density at radius 2 is 1.96 bits per heavy atom. The lowest BCUT2D eigenvalue weighted by Crippen LogP contribution is -2.39. The number of amides is 1. The summed E-state index contributed by atoms with van der Waals surface area (Å²) in [7, 11) is 0. The van der Waals surface area contributed by atoms with E-state index in [4.69, 9.17) is 9.72 Å². The Labute approximate surface area is 166 Å². The molecule has 4 nitrogen and oxygen atoms in total. The summed E-state index contributed by atoms with van der Waals surface area (Å²) in [5, 5.41) is 0.917. The van der Waals surface area contributed by atoms with E-state index in [-0.39, 0.29) is 5.91 Å². The summed E-state index contributed by atoms with van der Waals surface area (Å²) in [4.78, 5) is 20.2. The third kappa shape index (κ3) is 3.72. The zero-order valence-corrected chi connectivity index (χ0v) is 16.5. The van der Waals surface area contributed by atoms with E-state index in [0.29, 0.717) is 12.5 Å². The molecule has 1 saturated heterocycles. The fraction of sp³-hybridized carbons (Fsp3) is 0.333. The van der Waals surface area contributed by atoms with E-state index in [1.165, 1.54) is 6.42 Å². The van der Waals surface area contributed by atoms with Crippen molar-refractivity contribution >= 4 is 16.8 Å². The first-order valence-electron chi connectivity index (χ1n) is 10.1. The molecule has 0 saturated carbocycles. The summed E-state index contributed by atoms with van der Waals surface area (Å²) in [6.45, 7) is 6.49. The first-order chi connectivity index (χ1) is 13.7. The minimum atomic E-state index is 0.109. The average Bonchev–Trinajstić information content (AvgIpc) is 2.73. The minimum Gasteiger partial charge on any atom is -0.494 e. The molecule has 2 aromatic carbocycles. The first kappa shape index (κ1) is 18.5. The van der Waals surface area contributed by atoms with Crippen molar-refractivity contribution in [2.45, 2.75) is 26.7 Å². The molecule has 4 heteroatoms. The topological polar surface area (TPSA) is 42.4 Å². The Morgan fingerprint density at radius 3 is 2.71 bits per heavy atom. The second kappa shape index (κ2) is 8.01. The van der Waals surface area contributed by atoms with Gasteiger partial charge in [-0.05, 0) is 62.1 Å². The molecule has 3 aromatic rings. The lowest BCUT2D eigenvalue weighted by molar-refractivity contribution is 0.0685. The van der Waals surface area contributed by atoms with Gasteiger partial charge in [0, 0.05) is 24.0 Å². The molecule has 1 fully saturated rings. The molecule has 1 unspecified atom stereocenters. The second-order valence-electron chi connectivity index (χ2n) is 7.53. The monoisotopic (exact) mass is 374 g/mol. The van der Waals surface area contributed by atoms with E-state index < -0.39 is 0 Å². The van der Waals surface area contributed by atoms with Crippen LogP contribution in [0.2, 0.25) is 0 Å². The van der Waals surface area contributed by atoms with E-state index in [1.54, 1.807) is 0 Å². The number of benzene rings is 2. The van der Waals surface area contributed by atoms with Gasteiger partial charge >= 0.3 is 0 Å². The van der Waals surface area contributed by atoms with Crippen molar-refractivity contribution in [3.05, 3.63) is 60.2 Å². The van der Waals surface area contributed by atoms with Gasteiger partial charge in [0.05, 0.1) is 23.4 Å². The molecule has 1 aromatic heterocycles. The van der Waals surface area contributed by atoms with Gasteiger partial charge in [-0.25, -0.2) is 4.98 Å². The average molecular weight is 374 g/mol. The fourth-order valence-electron chi connectivity index (χ4n) is 3.93. The number of hydrogen-bond acceptors (Lipinski definition) is 3. The molecule has 28 heavy (non-hydrogen) atoms. The molecule has 0 bridgehead atoms. The predicted octanol–water partition coefficient (Wildman–Crippen LogP) is 5.17. The Morgan fingerprint density at radius 1 is 1.18 bits per heavy atom. The van der Waals surface area contributed by atoms with Crippen LogP contribution in [0.15, 0.2) is 54.6 Å². The Hall–Kier alpha value is -2.88. The number of carbonyl (C=O) groups excluding carboxylic acids is 1. The van der Waals surface area contributed by atoms with E-state index in [0.717, 1.165) is 53.0 Å². The van der Waals surface area contributed by atoms with Crippen LogP contribution in [0.1, 0.15) is 37.0 Å². The lowest BCUT2D eigenvalue weighted by atomic mass is 9.98. The highest BCUT2D eigenvalue weighted by Crippen LogP contribution is 2.28. The van der Waals surface area contributed by atoms with Gasteiger partial charge in [-0.1, -0.05) is 25.1 Å². The number of likely N-dealkylation sites (tertiary alicyclic amines) is 1. The van der Waals surface area contributed by atoms with Crippen LogP contribution in [0.25, 0.3) is 22.2 Å². The van der Waals surface area contributed by atoms with Gasteiger partial charge < -0.3 is 9.64 Å². The number of rotatable bonds is 4. The third-order valence-electron chi connectivity index (χ3n) is 5.35.